The molecule has 2 heterocycles. The Balaban J connectivity index is 1.61. The minimum absolute atomic E-state index is 0.222. The first-order chi connectivity index (χ1) is 12.2. The lowest BCUT2D eigenvalue weighted by Crippen LogP contribution is -2.24. The van der Waals surface area contributed by atoms with Crippen LogP contribution in [0.1, 0.15) is 21.6 Å². The van der Waals surface area contributed by atoms with Crippen molar-refractivity contribution in [1.82, 2.24) is 20.3 Å². The minimum Gasteiger partial charge on any atom is -0.347 e. The number of benzene rings is 1. The fraction of sp³-hybridized carbons (Fsp3) is 0.0556. The van der Waals surface area contributed by atoms with Crippen molar-refractivity contribution < 1.29 is 4.79 Å². The first kappa shape index (κ1) is 16.1. The van der Waals surface area contributed by atoms with Crippen LogP contribution in [0.25, 0.3) is 0 Å². The van der Waals surface area contributed by atoms with Crippen molar-refractivity contribution in [2.45, 2.75) is 6.54 Å². The zero-order valence-corrected chi connectivity index (χ0v) is 13.2. The molecule has 0 saturated carbocycles. The van der Waals surface area contributed by atoms with Gasteiger partial charge in [0, 0.05) is 24.6 Å². The van der Waals surface area contributed by atoms with Crippen LogP contribution < -0.4 is 10.6 Å². The van der Waals surface area contributed by atoms with Crippen LogP contribution >= 0.6 is 0 Å². The molecule has 122 valence electrons. The predicted octanol–water partition coefficient (Wildman–Crippen LogP) is 2.42. The maximum atomic E-state index is 12.1. The third-order valence-corrected chi connectivity index (χ3v) is 3.32. The number of anilines is 2. The topological polar surface area (TPSA) is 104 Å². The molecule has 0 spiro atoms. The zero-order valence-electron chi connectivity index (χ0n) is 13.2. The van der Waals surface area contributed by atoms with E-state index < -0.39 is 0 Å². The number of carbonyl (C=O) groups excluding carboxylic acids is 1. The molecule has 0 aliphatic heterocycles. The average Bonchev–Trinajstić information content (AvgIpc) is 2.67. The maximum Gasteiger partial charge on any atom is 0.271 e. The smallest absolute Gasteiger partial charge is 0.271 e. The summed E-state index contributed by atoms with van der Waals surface area (Å²) in [5.41, 5.74) is 2.39. The van der Waals surface area contributed by atoms with E-state index in [1.807, 2.05) is 18.2 Å². The highest BCUT2D eigenvalue weighted by molar-refractivity contribution is 5.92. The van der Waals surface area contributed by atoms with Crippen molar-refractivity contribution in [2.24, 2.45) is 0 Å². The van der Waals surface area contributed by atoms with Gasteiger partial charge in [0.15, 0.2) is 0 Å². The van der Waals surface area contributed by atoms with E-state index in [1.165, 1.54) is 12.4 Å². The predicted molar refractivity (Wildman–Crippen MR) is 91.9 cm³/mol. The lowest BCUT2D eigenvalue weighted by atomic mass is 10.2. The third kappa shape index (κ3) is 4.36. The van der Waals surface area contributed by atoms with Gasteiger partial charge in [-0.25, -0.2) is 9.97 Å². The van der Waals surface area contributed by atoms with E-state index in [-0.39, 0.29) is 11.6 Å². The Morgan fingerprint density at radius 2 is 2.04 bits per heavy atom. The van der Waals surface area contributed by atoms with Crippen LogP contribution in [-0.2, 0) is 6.54 Å². The molecule has 0 radical (unpaired) electrons. The second-order valence-corrected chi connectivity index (χ2v) is 5.15. The second-order valence-electron chi connectivity index (χ2n) is 5.15. The van der Waals surface area contributed by atoms with Crippen LogP contribution in [0.3, 0.4) is 0 Å². The van der Waals surface area contributed by atoms with Gasteiger partial charge in [-0.05, 0) is 29.8 Å². The molecule has 0 fully saturated rings. The lowest BCUT2D eigenvalue weighted by Gasteiger charge is -2.07. The quantitative estimate of drug-likeness (QED) is 0.744. The van der Waals surface area contributed by atoms with Gasteiger partial charge < -0.3 is 10.6 Å². The highest BCUT2D eigenvalue weighted by atomic mass is 16.1. The van der Waals surface area contributed by atoms with Gasteiger partial charge in [0.2, 0.25) is 0 Å². The van der Waals surface area contributed by atoms with Crippen molar-refractivity contribution in [3.8, 4) is 6.07 Å². The summed E-state index contributed by atoms with van der Waals surface area (Å²) in [5.74, 6) is 0.174. The fourth-order valence-electron chi connectivity index (χ4n) is 2.10. The standard InChI is InChI=1S/C18H14N6O/c19-8-13-3-1-5-15(7-13)24-17-12-21-16(11-22-17)18(25)23-10-14-4-2-6-20-9-14/h1-7,9,11-12H,10H2,(H,22,24)(H,23,25). The van der Waals surface area contributed by atoms with Crippen molar-refractivity contribution in [1.29, 1.82) is 5.26 Å². The molecule has 0 unspecified atom stereocenters. The molecule has 0 saturated heterocycles. The molecule has 3 aromatic rings. The number of hydrogen-bond donors (Lipinski definition) is 2. The third-order valence-electron chi connectivity index (χ3n) is 3.32. The van der Waals surface area contributed by atoms with E-state index in [0.29, 0.717) is 17.9 Å². The van der Waals surface area contributed by atoms with E-state index in [0.717, 1.165) is 11.3 Å². The molecule has 7 heteroatoms. The summed E-state index contributed by atoms with van der Waals surface area (Å²) in [6.45, 7) is 0.370. The number of rotatable bonds is 5. The van der Waals surface area contributed by atoms with Crippen molar-refractivity contribution >= 4 is 17.4 Å². The first-order valence-electron chi connectivity index (χ1n) is 7.51. The summed E-state index contributed by atoms with van der Waals surface area (Å²) in [4.78, 5) is 24.4. The van der Waals surface area contributed by atoms with Gasteiger partial charge in [0.05, 0.1) is 24.0 Å². The molecular formula is C18H14N6O. The summed E-state index contributed by atoms with van der Waals surface area (Å²) >= 11 is 0. The van der Waals surface area contributed by atoms with Crippen molar-refractivity contribution in [2.75, 3.05) is 5.32 Å². The van der Waals surface area contributed by atoms with Crippen LogP contribution in [-0.4, -0.2) is 20.9 Å². The molecule has 0 aliphatic carbocycles. The molecule has 7 nitrogen and oxygen atoms in total. The molecule has 0 atom stereocenters. The lowest BCUT2D eigenvalue weighted by molar-refractivity contribution is 0.0945. The van der Waals surface area contributed by atoms with Gasteiger partial charge in [0.25, 0.3) is 5.91 Å². The molecule has 1 aromatic carbocycles. The Kier molecular flexibility index (Phi) is 4.93. The number of hydrogen-bond acceptors (Lipinski definition) is 6. The fourth-order valence-corrected chi connectivity index (χ4v) is 2.10. The molecular weight excluding hydrogens is 316 g/mol. The van der Waals surface area contributed by atoms with Gasteiger partial charge in [-0.15, -0.1) is 0 Å². The summed E-state index contributed by atoms with van der Waals surface area (Å²) in [6.07, 6.45) is 6.23. The number of nitriles is 1. The number of nitrogens with zero attached hydrogens (tertiary/aromatic N) is 4. The summed E-state index contributed by atoms with van der Waals surface area (Å²) < 4.78 is 0. The maximum absolute atomic E-state index is 12.1. The Hall–Kier alpha value is -3.79. The zero-order chi connectivity index (χ0) is 17.5. The Labute approximate surface area is 144 Å². The summed E-state index contributed by atoms with van der Waals surface area (Å²) in [7, 11) is 0. The van der Waals surface area contributed by atoms with Crippen LogP contribution in [0.15, 0.2) is 61.2 Å². The molecule has 1 amide bonds. The van der Waals surface area contributed by atoms with E-state index in [9.17, 15) is 4.79 Å². The van der Waals surface area contributed by atoms with Crippen molar-refractivity contribution in [3.05, 3.63) is 78.0 Å². The number of amides is 1. The van der Waals surface area contributed by atoms with Crippen LogP contribution in [0.4, 0.5) is 11.5 Å². The Morgan fingerprint density at radius 3 is 2.76 bits per heavy atom. The highest BCUT2D eigenvalue weighted by Crippen LogP contribution is 2.15. The average molecular weight is 330 g/mol. The van der Waals surface area contributed by atoms with Gasteiger partial charge in [-0.3, -0.25) is 9.78 Å². The second kappa shape index (κ2) is 7.66. The molecule has 0 bridgehead atoms. The highest BCUT2D eigenvalue weighted by Gasteiger charge is 2.08. The van der Waals surface area contributed by atoms with Crippen LogP contribution in [0.2, 0.25) is 0 Å². The number of nitrogens with one attached hydrogen (secondary N) is 2. The normalized spacial score (nSPS) is 9.88. The van der Waals surface area contributed by atoms with Gasteiger partial charge in [-0.2, -0.15) is 5.26 Å². The van der Waals surface area contributed by atoms with E-state index in [4.69, 9.17) is 5.26 Å². The van der Waals surface area contributed by atoms with Crippen LogP contribution in [0.5, 0.6) is 0 Å². The SMILES string of the molecule is N#Cc1cccc(Nc2cnc(C(=O)NCc3cccnc3)cn2)c1. The van der Waals surface area contributed by atoms with Gasteiger partial charge in [-0.1, -0.05) is 12.1 Å². The molecule has 3 rings (SSSR count). The number of pyridine rings is 1. The van der Waals surface area contributed by atoms with E-state index in [2.05, 4.69) is 31.7 Å². The molecule has 2 aromatic heterocycles. The molecule has 2 N–H and O–H groups in total. The minimum atomic E-state index is -0.311. The van der Waals surface area contributed by atoms with Gasteiger partial charge in [0.1, 0.15) is 11.5 Å². The monoisotopic (exact) mass is 330 g/mol. The first-order valence-corrected chi connectivity index (χ1v) is 7.51. The van der Waals surface area contributed by atoms with Crippen molar-refractivity contribution in [3.63, 3.8) is 0 Å². The van der Waals surface area contributed by atoms with Crippen LogP contribution in [0, 0.1) is 11.3 Å². The molecule has 25 heavy (non-hydrogen) atoms. The molecule has 0 aliphatic rings. The van der Waals surface area contributed by atoms with E-state index >= 15 is 0 Å². The van der Waals surface area contributed by atoms with Gasteiger partial charge >= 0.3 is 0 Å². The summed E-state index contributed by atoms with van der Waals surface area (Å²) in [6, 6.07) is 12.8. The largest absolute Gasteiger partial charge is 0.347 e. The van der Waals surface area contributed by atoms with E-state index in [1.54, 1.807) is 30.6 Å². The number of aromatic nitrogens is 3. The summed E-state index contributed by atoms with van der Waals surface area (Å²) in [5, 5.41) is 14.7. The Morgan fingerprint density at radius 1 is 1.12 bits per heavy atom. The Bertz CT molecular complexity index is 903. The number of carbonyl (C=O) groups is 1.